The van der Waals surface area contributed by atoms with Crippen molar-refractivity contribution in [3.8, 4) is 5.75 Å². The first-order valence-corrected chi connectivity index (χ1v) is 15.2. The molecule has 240 valence electrons. The van der Waals surface area contributed by atoms with Gasteiger partial charge in [0.05, 0.1) is 11.1 Å². The maximum atomic E-state index is 13.1. The lowest BCUT2D eigenvalue weighted by molar-refractivity contribution is -0.243. The highest BCUT2D eigenvalue weighted by Gasteiger charge is 2.50. The van der Waals surface area contributed by atoms with Crippen molar-refractivity contribution >= 4 is 63.6 Å². The minimum atomic E-state index is -1.90. The molecule has 0 unspecified atom stereocenters. The number of carbonyl (C=O) groups is 3. The molecule has 1 aliphatic heterocycles. The minimum absolute atomic E-state index is 0.191. The first-order chi connectivity index (χ1) is 22.1. The molecule has 0 bridgehead atoms. The molecule has 0 aliphatic carbocycles. The summed E-state index contributed by atoms with van der Waals surface area (Å²) in [6.45, 7) is -1.05. The maximum Gasteiger partial charge on any atom is 0.407 e. The van der Waals surface area contributed by atoms with Crippen LogP contribution in [0.4, 0.5) is 4.79 Å². The summed E-state index contributed by atoms with van der Waals surface area (Å²) in [4.78, 5) is 38.7. The van der Waals surface area contributed by atoms with Crippen LogP contribution in [0.1, 0.15) is 20.7 Å². The van der Waals surface area contributed by atoms with Gasteiger partial charge in [0.2, 0.25) is 10.1 Å². The van der Waals surface area contributed by atoms with Gasteiger partial charge >= 0.3 is 18.0 Å². The molecule has 46 heavy (non-hydrogen) atoms. The van der Waals surface area contributed by atoms with Crippen LogP contribution in [0, 0.1) is 0 Å². The molecule has 0 radical (unpaired) electrons. The van der Waals surface area contributed by atoms with Crippen LogP contribution in [0.2, 0.25) is 0 Å². The molecule has 1 amide bonds. The van der Waals surface area contributed by atoms with E-state index in [-0.39, 0.29) is 11.1 Å². The second-order valence-corrected chi connectivity index (χ2v) is 12.7. The summed E-state index contributed by atoms with van der Waals surface area (Å²) >= 11 is 17.2. The minimum Gasteiger partial charge on any atom is -0.463 e. The molecule has 0 spiro atoms. The van der Waals surface area contributed by atoms with Crippen LogP contribution in [0.15, 0.2) is 103 Å². The molecule has 1 heterocycles. The molecule has 1 saturated heterocycles. The lowest BCUT2D eigenvalue weighted by Crippen LogP contribution is -2.66. The van der Waals surface area contributed by atoms with Crippen LogP contribution in [-0.2, 0) is 18.9 Å². The Labute approximate surface area is 279 Å². The van der Waals surface area contributed by atoms with E-state index < -0.39 is 65.7 Å². The number of aliphatic hydroxyl groups excluding tert-OH is 1. The van der Waals surface area contributed by atoms with E-state index in [1.165, 1.54) is 12.1 Å². The Balaban J connectivity index is 1.44. The Kier molecular flexibility index (Phi) is 10.9. The number of rotatable bonds is 9. The predicted molar refractivity (Wildman–Crippen MR) is 170 cm³/mol. The maximum absolute atomic E-state index is 13.1. The Morgan fingerprint density at radius 2 is 1.39 bits per heavy atom. The molecule has 0 aromatic heterocycles. The van der Waals surface area contributed by atoms with Gasteiger partial charge in [-0.3, -0.25) is 0 Å². The summed E-state index contributed by atoms with van der Waals surface area (Å²) < 4.78 is 26.6. The summed E-state index contributed by atoms with van der Waals surface area (Å²) in [6, 6.07) is 27.7. The average Bonchev–Trinajstić information content (AvgIpc) is 3.06. The van der Waals surface area contributed by atoms with Gasteiger partial charge in [-0.15, -0.1) is 0 Å². The van der Waals surface area contributed by atoms with Crippen molar-refractivity contribution in [2.24, 2.45) is 0 Å². The van der Waals surface area contributed by atoms with Gasteiger partial charge in [-0.05, 0) is 47.2 Å². The molecule has 1 fully saturated rings. The van der Waals surface area contributed by atoms with Gasteiger partial charge in [0.1, 0.15) is 37.2 Å². The quantitative estimate of drug-likeness (QED) is 0.126. The van der Waals surface area contributed by atoms with Gasteiger partial charge in [-0.25, -0.2) is 14.4 Å². The highest BCUT2D eigenvalue weighted by Crippen LogP contribution is 2.30. The molecular formula is C33H28Cl3NO9. The average molecular weight is 689 g/mol. The van der Waals surface area contributed by atoms with Crippen LogP contribution in [-0.4, -0.2) is 70.8 Å². The number of hydrogen-bond donors (Lipinski definition) is 2. The summed E-state index contributed by atoms with van der Waals surface area (Å²) in [6.07, 6.45) is -6.83. The fraction of sp³-hybridized carbons (Fsp3) is 0.242. The van der Waals surface area contributed by atoms with E-state index in [0.29, 0.717) is 5.75 Å². The van der Waals surface area contributed by atoms with Crippen LogP contribution < -0.4 is 10.1 Å². The number of halogens is 3. The van der Waals surface area contributed by atoms with E-state index in [1.807, 2.05) is 30.3 Å². The molecule has 5 rings (SSSR count). The number of aliphatic hydroxyl groups is 1. The number of fused-ring (bicyclic) bond motifs is 1. The molecule has 0 saturated carbocycles. The smallest absolute Gasteiger partial charge is 0.407 e. The number of esters is 2. The van der Waals surface area contributed by atoms with Crippen molar-refractivity contribution in [2.75, 3.05) is 13.2 Å². The Morgan fingerprint density at radius 3 is 2.04 bits per heavy atom. The van der Waals surface area contributed by atoms with Crippen LogP contribution in [0.3, 0.4) is 0 Å². The number of alkyl carbamates (subject to hydrolysis) is 1. The molecule has 1 aliphatic rings. The van der Waals surface area contributed by atoms with Crippen molar-refractivity contribution in [3.05, 3.63) is 114 Å². The third-order valence-electron chi connectivity index (χ3n) is 6.94. The third kappa shape index (κ3) is 8.80. The number of nitrogens with one attached hydrogen (secondary N) is 1. The second kappa shape index (κ2) is 15.0. The molecule has 13 heteroatoms. The monoisotopic (exact) mass is 687 g/mol. The van der Waals surface area contributed by atoms with E-state index in [1.54, 1.807) is 60.7 Å². The number of carbonyl (C=O) groups excluding carboxylic acids is 3. The summed E-state index contributed by atoms with van der Waals surface area (Å²) in [5, 5.41) is 15.9. The number of ether oxygens (including phenoxy) is 5. The van der Waals surface area contributed by atoms with Gasteiger partial charge in [-0.2, -0.15) is 0 Å². The first-order valence-electron chi connectivity index (χ1n) is 14.0. The number of alkyl halides is 3. The van der Waals surface area contributed by atoms with Crippen molar-refractivity contribution in [2.45, 2.75) is 34.4 Å². The fourth-order valence-corrected chi connectivity index (χ4v) is 4.90. The molecule has 4 aromatic rings. The normalized spacial score (nSPS) is 21.2. The van der Waals surface area contributed by atoms with Gasteiger partial charge < -0.3 is 34.1 Å². The zero-order valence-corrected chi connectivity index (χ0v) is 26.2. The third-order valence-corrected chi connectivity index (χ3v) is 7.27. The second-order valence-electron chi connectivity index (χ2n) is 10.2. The van der Waals surface area contributed by atoms with Crippen molar-refractivity contribution < 1.29 is 43.2 Å². The van der Waals surface area contributed by atoms with Crippen molar-refractivity contribution in [1.82, 2.24) is 5.32 Å². The van der Waals surface area contributed by atoms with Gasteiger partial charge in [0.15, 0.2) is 6.10 Å². The van der Waals surface area contributed by atoms with Gasteiger partial charge in [0, 0.05) is 0 Å². The summed E-state index contributed by atoms with van der Waals surface area (Å²) in [5.41, 5.74) is 0.466. The zero-order valence-electron chi connectivity index (χ0n) is 24.0. The Bertz CT molecular complexity index is 1650. The van der Waals surface area contributed by atoms with E-state index in [4.69, 9.17) is 58.5 Å². The van der Waals surface area contributed by atoms with Crippen LogP contribution in [0.5, 0.6) is 5.75 Å². The number of benzene rings is 4. The van der Waals surface area contributed by atoms with Gasteiger partial charge in [0.25, 0.3) is 0 Å². The molecule has 2 N–H and O–H groups in total. The first kappa shape index (κ1) is 33.3. The topological polar surface area (TPSA) is 130 Å². The Hall–Kier alpha value is -4.06. The lowest BCUT2D eigenvalue weighted by atomic mass is 9.96. The van der Waals surface area contributed by atoms with E-state index in [9.17, 15) is 19.5 Å². The van der Waals surface area contributed by atoms with Crippen molar-refractivity contribution in [3.63, 3.8) is 0 Å². The molecule has 5 atom stereocenters. The summed E-state index contributed by atoms with van der Waals surface area (Å²) in [7, 11) is 0. The van der Waals surface area contributed by atoms with Crippen LogP contribution >= 0.6 is 34.8 Å². The highest BCUT2D eigenvalue weighted by molar-refractivity contribution is 6.67. The standard InChI is InChI=1S/C33H28Cl3NO9/c34-33(35,36)19-43-32(41)37-26-27(38)28(46-30(40)22-12-5-2-6-13-22)25(18-42-29(39)21-10-3-1-4-11-21)45-31(26)44-24-16-15-20-9-7-8-14-23(20)17-24/h1-17,25-28,31,38H,18-19H2,(H,37,41)/t25-,26-,27-,28-,31-/m1/s1. The number of hydrogen-bond acceptors (Lipinski definition) is 9. The van der Waals surface area contributed by atoms with Gasteiger partial charge in [-0.1, -0.05) is 102 Å². The predicted octanol–water partition coefficient (Wildman–Crippen LogP) is 5.85. The van der Waals surface area contributed by atoms with E-state index >= 15 is 0 Å². The molecule has 4 aromatic carbocycles. The molecule has 10 nitrogen and oxygen atoms in total. The van der Waals surface area contributed by atoms with Crippen LogP contribution in [0.25, 0.3) is 10.8 Å². The fourth-order valence-electron chi connectivity index (χ4n) is 4.74. The van der Waals surface area contributed by atoms with Crippen molar-refractivity contribution in [1.29, 1.82) is 0 Å². The van der Waals surface area contributed by atoms with E-state index in [0.717, 1.165) is 10.8 Å². The Morgan fingerprint density at radius 1 is 0.783 bits per heavy atom. The lowest BCUT2D eigenvalue weighted by Gasteiger charge is -2.43. The number of amides is 1. The largest absolute Gasteiger partial charge is 0.463 e. The molecular weight excluding hydrogens is 661 g/mol. The summed E-state index contributed by atoms with van der Waals surface area (Å²) in [5.74, 6) is -1.13. The SMILES string of the molecule is O=C(N[C@H]1[C@H](Oc2ccc3ccccc3c2)O[C@H](COC(=O)c2ccccc2)[C@@H](OC(=O)c2ccccc2)[C@@H]1O)OCC(Cl)(Cl)Cl. The zero-order chi connectivity index (χ0) is 32.7. The van der Waals surface area contributed by atoms with E-state index in [2.05, 4.69) is 5.32 Å². The highest BCUT2D eigenvalue weighted by atomic mass is 35.6.